The Morgan fingerprint density at radius 1 is 1.19 bits per heavy atom. The van der Waals surface area contributed by atoms with Crippen LogP contribution in [0.15, 0.2) is 42.6 Å². The van der Waals surface area contributed by atoms with E-state index in [-0.39, 0.29) is 5.91 Å². The number of ether oxygens (including phenoxy) is 1. The second-order valence-corrected chi connectivity index (χ2v) is 4.75. The average Bonchev–Trinajstić information content (AvgIpc) is 2.50. The van der Waals surface area contributed by atoms with Gasteiger partial charge >= 0.3 is 0 Å². The Labute approximate surface area is 128 Å². The molecule has 0 aliphatic carbocycles. The molecule has 1 aromatic heterocycles. The van der Waals surface area contributed by atoms with Gasteiger partial charge in [0.2, 0.25) is 0 Å². The fourth-order valence-corrected chi connectivity index (χ4v) is 1.79. The number of anilines is 2. The predicted octanol–water partition coefficient (Wildman–Crippen LogP) is 2.85. The van der Waals surface area contributed by atoms with Gasteiger partial charge in [-0.15, -0.1) is 0 Å². The Hall–Kier alpha value is -2.11. The van der Waals surface area contributed by atoms with E-state index >= 15 is 0 Å². The van der Waals surface area contributed by atoms with Gasteiger partial charge in [-0.3, -0.25) is 4.79 Å². The summed E-state index contributed by atoms with van der Waals surface area (Å²) in [6.45, 7) is 0.934. The zero-order valence-corrected chi connectivity index (χ0v) is 12.4. The van der Waals surface area contributed by atoms with E-state index in [0.29, 0.717) is 23.9 Å². The highest BCUT2D eigenvalue weighted by Crippen LogP contribution is 2.18. The molecule has 0 radical (unpaired) electrons. The number of pyridine rings is 1. The number of benzene rings is 1. The van der Waals surface area contributed by atoms with Gasteiger partial charge < -0.3 is 15.4 Å². The summed E-state index contributed by atoms with van der Waals surface area (Å²) in [5.41, 5.74) is 2.07. The third-order valence-electron chi connectivity index (χ3n) is 2.72. The molecule has 21 heavy (non-hydrogen) atoms. The lowest BCUT2D eigenvalue weighted by Crippen LogP contribution is -2.27. The van der Waals surface area contributed by atoms with E-state index in [0.717, 1.165) is 11.4 Å². The highest BCUT2D eigenvalue weighted by Gasteiger charge is 2.06. The van der Waals surface area contributed by atoms with Crippen LogP contribution in [0.25, 0.3) is 0 Å². The van der Waals surface area contributed by atoms with Crippen molar-refractivity contribution in [2.45, 2.75) is 0 Å². The number of nitrogens with zero attached hydrogens (tertiary/aromatic N) is 1. The second-order valence-electron chi connectivity index (χ2n) is 4.31. The van der Waals surface area contributed by atoms with E-state index in [1.54, 1.807) is 37.6 Å². The molecule has 0 saturated heterocycles. The van der Waals surface area contributed by atoms with Crippen molar-refractivity contribution < 1.29 is 9.53 Å². The van der Waals surface area contributed by atoms with Crippen LogP contribution >= 0.6 is 11.6 Å². The van der Waals surface area contributed by atoms with Crippen LogP contribution in [-0.2, 0) is 4.74 Å². The molecule has 0 bridgehead atoms. The van der Waals surface area contributed by atoms with Crippen molar-refractivity contribution in [2.24, 2.45) is 0 Å². The summed E-state index contributed by atoms with van der Waals surface area (Å²) in [7, 11) is 1.58. The maximum absolute atomic E-state index is 11.8. The highest BCUT2D eigenvalue weighted by atomic mass is 35.5. The summed E-state index contributed by atoms with van der Waals surface area (Å²) in [6.07, 6.45) is 1.61. The average molecular weight is 306 g/mol. The summed E-state index contributed by atoms with van der Waals surface area (Å²) < 4.78 is 4.87. The lowest BCUT2D eigenvalue weighted by molar-refractivity contribution is 0.0932. The molecule has 1 aromatic carbocycles. The van der Waals surface area contributed by atoms with Crippen molar-refractivity contribution >= 4 is 28.9 Å². The van der Waals surface area contributed by atoms with E-state index in [2.05, 4.69) is 15.6 Å². The van der Waals surface area contributed by atoms with Crippen LogP contribution in [0.1, 0.15) is 10.5 Å². The number of aromatic nitrogens is 1. The first-order valence-electron chi connectivity index (χ1n) is 6.45. The van der Waals surface area contributed by atoms with Crippen LogP contribution in [0.4, 0.5) is 11.4 Å². The second kappa shape index (κ2) is 7.61. The van der Waals surface area contributed by atoms with Crippen LogP contribution < -0.4 is 10.6 Å². The molecule has 0 aliphatic heterocycles. The van der Waals surface area contributed by atoms with E-state index in [1.807, 2.05) is 12.1 Å². The van der Waals surface area contributed by atoms with Crippen molar-refractivity contribution in [1.82, 2.24) is 10.3 Å². The first-order valence-corrected chi connectivity index (χ1v) is 6.82. The summed E-state index contributed by atoms with van der Waals surface area (Å²) in [5.74, 6) is -0.218. The van der Waals surface area contributed by atoms with Crippen LogP contribution in [0.2, 0.25) is 5.02 Å². The van der Waals surface area contributed by atoms with Gasteiger partial charge in [0, 0.05) is 24.4 Å². The van der Waals surface area contributed by atoms with Gasteiger partial charge in [0.15, 0.2) is 0 Å². The zero-order valence-electron chi connectivity index (χ0n) is 11.6. The predicted molar refractivity (Wildman–Crippen MR) is 83.2 cm³/mol. The van der Waals surface area contributed by atoms with Crippen molar-refractivity contribution in [3.8, 4) is 0 Å². The van der Waals surface area contributed by atoms with Crippen molar-refractivity contribution in [1.29, 1.82) is 0 Å². The molecule has 2 aromatic rings. The molecule has 0 fully saturated rings. The molecule has 6 heteroatoms. The minimum atomic E-state index is -0.218. The number of methoxy groups -OCH3 is 1. The molecule has 1 amide bonds. The third kappa shape index (κ3) is 4.73. The van der Waals surface area contributed by atoms with Gasteiger partial charge in [0.25, 0.3) is 5.91 Å². The number of hydrogen-bond acceptors (Lipinski definition) is 4. The van der Waals surface area contributed by atoms with Gasteiger partial charge in [0.1, 0.15) is 5.69 Å². The van der Waals surface area contributed by atoms with Crippen LogP contribution in [-0.4, -0.2) is 31.2 Å². The van der Waals surface area contributed by atoms with Crippen molar-refractivity contribution in [3.63, 3.8) is 0 Å². The molecule has 0 atom stereocenters. The lowest BCUT2D eigenvalue weighted by atomic mass is 10.3. The molecule has 2 N–H and O–H groups in total. The highest BCUT2D eigenvalue weighted by molar-refractivity contribution is 6.30. The van der Waals surface area contributed by atoms with Crippen molar-refractivity contribution in [3.05, 3.63) is 53.3 Å². The van der Waals surface area contributed by atoms with Crippen LogP contribution in [0, 0.1) is 0 Å². The molecular weight excluding hydrogens is 290 g/mol. The lowest BCUT2D eigenvalue weighted by Gasteiger charge is -2.07. The van der Waals surface area contributed by atoms with E-state index in [1.165, 1.54) is 0 Å². The number of nitrogens with one attached hydrogen (secondary N) is 2. The molecule has 0 spiro atoms. The Morgan fingerprint density at radius 3 is 2.52 bits per heavy atom. The summed E-state index contributed by atoms with van der Waals surface area (Å²) >= 11 is 5.83. The third-order valence-corrected chi connectivity index (χ3v) is 2.97. The van der Waals surface area contributed by atoms with Gasteiger partial charge in [-0.1, -0.05) is 11.6 Å². The Bertz CT molecular complexity index is 585. The SMILES string of the molecule is COCCNC(=O)c1ccc(Nc2ccc(Cl)cc2)cn1. The van der Waals surface area contributed by atoms with Crippen LogP contribution in [0.5, 0.6) is 0 Å². The number of amides is 1. The standard InChI is InChI=1S/C15H16ClN3O2/c1-21-9-8-17-15(20)14-7-6-13(10-18-14)19-12-4-2-11(16)3-5-12/h2-7,10,19H,8-9H2,1H3,(H,17,20). The fraction of sp³-hybridized carbons (Fsp3) is 0.200. The molecular formula is C15H16ClN3O2. The molecule has 1 heterocycles. The van der Waals surface area contributed by atoms with Gasteiger partial charge in [-0.05, 0) is 36.4 Å². The molecule has 0 unspecified atom stereocenters. The summed E-state index contributed by atoms with van der Waals surface area (Å²) in [5, 5.41) is 6.57. The Kier molecular flexibility index (Phi) is 5.54. The molecule has 5 nitrogen and oxygen atoms in total. The van der Waals surface area contributed by atoms with Crippen LogP contribution in [0.3, 0.4) is 0 Å². The summed E-state index contributed by atoms with van der Waals surface area (Å²) in [4.78, 5) is 15.9. The molecule has 0 aliphatic rings. The smallest absolute Gasteiger partial charge is 0.269 e. The minimum absolute atomic E-state index is 0.218. The Balaban J connectivity index is 1.95. The number of hydrogen-bond donors (Lipinski definition) is 2. The minimum Gasteiger partial charge on any atom is -0.383 e. The first kappa shape index (κ1) is 15.3. The normalized spacial score (nSPS) is 10.2. The number of rotatable bonds is 6. The van der Waals surface area contributed by atoms with E-state index in [9.17, 15) is 4.79 Å². The fourth-order valence-electron chi connectivity index (χ4n) is 1.66. The zero-order chi connectivity index (χ0) is 15.1. The number of halogens is 1. The van der Waals surface area contributed by atoms with Crippen molar-refractivity contribution in [2.75, 3.05) is 25.6 Å². The van der Waals surface area contributed by atoms with Gasteiger partial charge in [-0.25, -0.2) is 4.98 Å². The molecule has 2 rings (SSSR count). The number of carbonyl (C=O) groups is 1. The van der Waals surface area contributed by atoms with E-state index < -0.39 is 0 Å². The largest absolute Gasteiger partial charge is 0.383 e. The molecule has 110 valence electrons. The van der Waals surface area contributed by atoms with Gasteiger partial charge in [0.05, 0.1) is 18.5 Å². The molecule has 0 saturated carbocycles. The van der Waals surface area contributed by atoms with E-state index in [4.69, 9.17) is 16.3 Å². The maximum atomic E-state index is 11.8. The van der Waals surface area contributed by atoms with Gasteiger partial charge in [-0.2, -0.15) is 0 Å². The maximum Gasteiger partial charge on any atom is 0.269 e. The first-order chi connectivity index (χ1) is 10.2. The quantitative estimate of drug-likeness (QED) is 0.806. The summed E-state index contributed by atoms with van der Waals surface area (Å²) in [6, 6.07) is 10.8. The monoisotopic (exact) mass is 305 g/mol. The topological polar surface area (TPSA) is 63.2 Å². The Morgan fingerprint density at radius 2 is 1.90 bits per heavy atom. The number of carbonyl (C=O) groups excluding carboxylic acids is 1.